The average molecular weight is 400 g/mol. The number of aromatic nitrogens is 1. The maximum Gasteiger partial charge on any atom is 0.306 e. The van der Waals surface area contributed by atoms with Crippen LogP contribution in [-0.2, 0) is 16.0 Å². The first-order chi connectivity index (χ1) is 12.3. The Morgan fingerprint density at radius 2 is 1.92 bits per heavy atom. The number of rotatable bonds is 7. The molecule has 0 aliphatic heterocycles. The van der Waals surface area contributed by atoms with Crippen molar-refractivity contribution in [3.05, 3.63) is 57.1 Å². The summed E-state index contributed by atoms with van der Waals surface area (Å²) in [4.78, 5) is 27.7. The number of carbonyl (C=O) groups is 2. The lowest BCUT2D eigenvalue weighted by molar-refractivity contribution is -0.143. The number of carbonyl (C=O) groups excluding carboxylic acids is 2. The van der Waals surface area contributed by atoms with Crippen molar-refractivity contribution >= 4 is 35.0 Å². The second-order valence-corrected chi connectivity index (χ2v) is 6.18. The van der Waals surface area contributed by atoms with Crippen molar-refractivity contribution in [2.75, 3.05) is 6.61 Å². The first-order valence-corrected chi connectivity index (χ1v) is 8.59. The van der Waals surface area contributed by atoms with Crippen molar-refractivity contribution in [2.45, 2.75) is 26.2 Å². The molecule has 2 aromatic rings. The highest BCUT2D eigenvalue weighted by Crippen LogP contribution is 2.29. The standard InChI is InChI=1S/C18H16Cl2FNO4/c1-2-26-16(25)8-7-15(24)18-14(23)6-3-10(22-18)9-11-12(19)4-5-13(21)17(11)20/h3-6,23H,2,7-9H2,1H3. The van der Waals surface area contributed by atoms with E-state index in [1.807, 2.05) is 0 Å². The lowest BCUT2D eigenvalue weighted by Gasteiger charge is -2.09. The molecule has 0 bridgehead atoms. The maximum absolute atomic E-state index is 13.6. The van der Waals surface area contributed by atoms with Gasteiger partial charge in [0.15, 0.2) is 5.78 Å². The Kier molecular flexibility index (Phi) is 6.94. The van der Waals surface area contributed by atoms with Crippen LogP contribution in [0, 0.1) is 5.82 Å². The number of ether oxygens (including phenoxy) is 1. The van der Waals surface area contributed by atoms with E-state index in [2.05, 4.69) is 4.98 Å². The predicted molar refractivity (Wildman–Crippen MR) is 95.3 cm³/mol. The second kappa shape index (κ2) is 8.96. The van der Waals surface area contributed by atoms with Crippen LogP contribution in [0.4, 0.5) is 4.39 Å². The predicted octanol–water partition coefficient (Wildman–Crippen LogP) is 4.35. The molecule has 0 aliphatic carbocycles. The van der Waals surface area contributed by atoms with Crippen LogP contribution in [0.3, 0.4) is 0 Å². The van der Waals surface area contributed by atoms with Gasteiger partial charge in [-0.1, -0.05) is 23.2 Å². The van der Waals surface area contributed by atoms with E-state index in [0.717, 1.165) is 6.07 Å². The van der Waals surface area contributed by atoms with Gasteiger partial charge in [-0.3, -0.25) is 9.59 Å². The number of halogens is 3. The Morgan fingerprint density at radius 1 is 1.19 bits per heavy atom. The summed E-state index contributed by atoms with van der Waals surface area (Å²) in [5, 5.41) is 10.0. The third kappa shape index (κ3) is 4.93. The summed E-state index contributed by atoms with van der Waals surface area (Å²) in [6.45, 7) is 1.89. The molecule has 2 rings (SSSR count). The third-order valence-electron chi connectivity index (χ3n) is 3.55. The molecule has 1 aromatic heterocycles. The van der Waals surface area contributed by atoms with Crippen molar-refractivity contribution in [1.82, 2.24) is 4.98 Å². The number of Topliss-reactive ketones (excluding diaryl/α,β-unsaturated/α-hetero) is 1. The van der Waals surface area contributed by atoms with Crippen molar-refractivity contribution < 1.29 is 23.8 Å². The first-order valence-electron chi connectivity index (χ1n) is 7.83. The molecule has 0 amide bonds. The summed E-state index contributed by atoms with van der Waals surface area (Å²) < 4.78 is 18.4. The Labute approximate surface area is 159 Å². The van der Waals surface area contributed by atoms with Crippen LogP contribution in [0.15, 0.2) is 24.3 Å². The molecule has 0 saturated carbocycles. The van der Waals surface area contributed by atoms with Gasteiger partial charge in [0, 0.05) is 23.6 Å². The summed E-state index contributed by atoms with van der Waals surface area (Å²) in [5.74, 6) is -1.93. The van der Waals surface area contributed by atoms with Gasteiger partial charge in [0.1, 0.15) is 17.3 Å². The fourth-order valence-corrected chi connectivity index (χ4v) is 2.78. The fraction of sp³-hybridized carbons (Fsp3) is 0.278. The zero-order valence-corrected chi connectivity index (χ0v) is 15.4. The largest absolute Gasteiger partial charge is 0.506 e. The number of esters is 1. The van der Waals surface area contributed by atoms with Crippen LogP contribution >= 0.6 is 23.2 Å². The first kappa shape index (κ1) is 20.1. The van der Waals surface area contributed by atoms with Gasteiger partial charge in [-0.15, -0.1) is 0 Å². The van der Waals surface area contributed by atoms with Gasteiger partial charge in [0.25, 0.3) is 0 Å². The number of aromatic hydroxyl groups is 1. The van der Waals surface area contributed by atoms with Crippen molar-refractivity contribution in [2.24, 2.45) is 0 Å². The quantitative estimate of drug-likeness (QED) is 0.425. The van der Waals surface area contributed by atoms with Crippen LogP contribution in [-0.4, -0.2) is 28.4 Å². The molecule has 138 valence electrons. The average Bonchev–Trinajstić information content (AvgIpc) is 2.61. The van der Waals surface area contributed by atoms with Crippen molar-refractivity contribution in [3.63, 3.8) is 0 Å². The molecule has 0 fully saturated rings. The van der Waals surface area contributed by atoms with E-state index in [0.29, 0.717) is 11.3 Å². The molecule has 8 heteroatoms. The summed E-state index contributed by atoms with van der Waals surface area (Å²) in [6.07, 6.45) is -0.183. The lowest BCUT2D eigenvalue weighted by atomic mass is 10.1. The topological polar surface area (TPSA) is 76.5 Å². The minimum Gasteiger partial charge on any atom is -0.506 e. The summed E-state index contributed by atoms with van der Waals surface area (Å²) >= 11 is 12.0. The molecule has 0 atom stereocenters. The molecule has 5 nitrogen and oxygen atoms in total. The summed E-state index contributed by atoms with van der Waals surface area (Å²) in [5.41, 5.74) is 0.531. The van der Waals surface area contributed by atoms with Crippen LogP contribution in [0.25, 0.3) is 0 Å². The van der Waals surface area contributed by atoms with Crippen LogP contribution in [0.5, 0.6) is 5.75 Å². The number of ketones is 1. The fourth-order valence-electron chi connectivity index (χ4n) is 2.28. The Bertz CT molecular complexity index is 842. The molecule has 0 radical (unpaired) electrons. The van der Waals surface area contributed by atoms with Crippen molar-refractivity contribution in [3.8, 4) is 5.75 Å². The number of hydrogen-bond donors (Lipinski definition) is 1. The summed E-state index contributed by atoms with van der Waals surface area (Å²) in [7, 11) is 0. The van der Waals surface area contributed by atoms with Gasteiger partial charge in [-0.25, -0.2) is 9.37 Å². The molecule has 1 aromatic carbocycles. The molecular formula is C18H16Cl2FNO4. The van der Waals surface area contributed by atoms with Crippen LogP contribution in [0.1, 0.15) is 41.5 Å². The molecule has 1 N–H and O–H groups in total. The Morgan fingerprint density at radius 3 is 2.62 bits per heavy atom. The summed E-state index contributed by atoms with van der Waals surface area (Å²) in [6, 6.07) is 5.32. The van der Waals surface area contributed by atoms with Crippen LogP contribution < -0.4 is 0 Å². The van der Waals surface area contributed by atoms with Gasteiger partial charge in [-0.05, 0) is 36.8 Å². The highest BCUT2D eigenvalue weighted by atomic mass is 35.5. The van der Waals surface area contributed by atoms with Gasteiger partial charge in [-0.2, -0.15) is 0 Å². The molecule has 0 spiro atoms. The van der Waals surface area contributed by atoms with E-state index in [1.165, 1.54) is 18.2 Å². The third-order valence-corrected chi connectivity index (χ3v) is 4.32. The number of nitrogens with zero attached hydrogens (tertiary/aromatic N) is 1. The monoisotopic (exact) mass is 399 g/mol. The van der Waals surface area contributed by atoms with Gasteiger partial charge in [0.2, 0.25) is 0 Å². The highest BCUT2D eigenvalue weighted by molar-refractivity contribution is 6.36. The molecule has 0 unspecified atom stereocenters. The van der Waals surface area contributed by atoms with E-state index in [9.17, 15) is 19.1 Å². The SMILES string of the molecule is CCOC(=O)CCC(=O)c1nc(Cc2c(Cl)ccc(F)c2Cl)ccc1O. The van der Waals surface area contributed by atoms with E-state index >= 15 is 0 Å². The number of pyridine rings is 1. The van der Waals surface area contributed by atoms with E-state index in [-0.39, 0.29) is 47.4 Å². The second-order valence-electron chi connectivity index (χ2n) is 5.40. The van der Waals surface area contributed by atoms with E-state index in [4.69, 9.17) is 27.9 Å². The zero-order valence-electron chi connectivity index (χ0n) is 13.9. The number of hydrogen-bond acceptors (Lipinski definition) is 5. The lowest BCUT2D eigenvalue weighted by Crippen LogP contribution is -2.10. The molecule has 26 heavy (non-hydrogen) atoms. The minimum atomic E-state index is -0.615. The Hall–Kier alpha value is -2.18. The maximum atomic E-state index is 13.6. The zero-order chi connectivity index (χ0) is 19.3. The Balaban J connectivity index is 2.21. The van der Waals surface area contributed by atoms with Gasteiger partial charge in [0.05, 0.1) is 18.1 Å². The van der Waals surface area contributed by atoms with E-state index < -0.39 is 17.6 Å². The van der Waals surface area contributed by atoms with Gasteiger partial charge >= 0.3 is 5.97 Å². The molecular weight excluding hydrogens is 384 g/mol. The molecule has 0 aliphatic rings. The van der Waals surface area contributed by atoms with E-state index in [1.54, 1.807) is 6.92 Å². The number of benzene rings is 1. The van der Waals surface area contributed by atoms with Crippen LogP contribution in [0.2, 0.25) is 10.0 Å². The minimum absolute atomic E-state index is 0.0772. The normalized spacial score (nSPS) is 10.6. The van der Waals surface area contributed by atoms with Crippen molar-refractivity contribution in [1.29, 1.82) is 0 Å². The smallest absolute Gasteiger partial charge is 0.306 e. The molecule has 1 heterocycles. The van der Waals surface area contributed by atoms with Gasteiger partial charge < -0.3 is 9.84 Å². The highest BCUT2D eigenvalue weighted by Gasteiger charge is 2.18. The molecule has 0 saturated heterocycles.